The molecule has 0 amide bonds. The van der Waals surface area contributed by atoms with Crippen LogP contribution in [0.5, 0.6) is 0 Å². The highest BCUT2D eigenvalue weighted by Gasteiger charge is 2.36. The van der Waals surface area contributed by atoms with Gasteiger partial charge in [-0.15, -0.1) is 0 Å². The van der Waals surface area contributed by atoms with Gasteiger partial charge in [-0.1, -0.05) is 0 Å². The number of carboxylic acids is 1. The van der Waals surface area contributed by atoms with Crippen LogP contribution in [-0.4, -0.2) is 67.3 Å². The molecule has 5 unspecified atom stereocenters. The van der Waals surface area contributed by atoms with Crippen LogP contribution in [0.4, 0.5) is 0 Å². The quantitative estimate of drug-likeness (QED) is 0.225. The zero-order valence-corrected chi connectivity index (χ0v) is 7.06. The molecule has 14 heavy (non-hydrogen) atoms. The van der Waals surface area contributed by atoms with E-state index in [0.717, 1.165) is 0 Å². The largest absolute Gasteiger partial charge is 0.479 e. The van der Waals surface area contributed by atoms with E-state index in [1.807, 2.05) is 0 Å². The van der Waals surface area contributed by atoms with Crippen LogP contribution in [0.15, 0.2) is 0 Å². The molecule has 0 bridgehead atoms. The highest BCUT2D eigenvalue weighted by Crippen LogP contribution is 2.06. The van der Waals surface area contributed by atoms with Crippen molar-refractivity contribution in [3.8, 4) is 0 Å². The van der Waals surface area contributed by atoms with E-state index in [1.165, 1.54) is 0 Å². The first kappa shape index (κ1) is 13.2. The molecule has 0 radical (unpaired) electrons. The van der Waals surface area contributed by atoms with Crippen molar-refractivity contribution in [2.24, 2.45) is 5.73 Å². The molecule has 0 aliphatic carbocycles. The van der Waals surface area contributed by atoms with Crippen molar-refractivity contribution in [2.45, 2.75) is 30.6 Å². The van der Waals surface area contributed by atoms with Crippen molar-refractivity contribution in [1.29, 1.82) is 0 Å². The molecular formula is C6H13NO7. The molecule has 0 aromatic carbocycles. The summed E-state index contributed by atoms with van der Waals surface area (Å²) in [5.74, 6) is -1.77. The summed E-state index contributed by atoms with van der Waals surface area (Å²) < 4.78 is 0. The van der Waals surface area contributed by atoms with Crippen molar-refractivity contribution < 1.29 is 35.4 Å². The molecule has 0 rings (SSSR count). The molecule has 0 aromatic heterocycles. The number of hydrogen-bond acceptors (Lipinski definition) is 7. The Morgan fingerprint density at radius 3 is 1.64 bits per heavy atom. The van der Waals surface area contributed by atoms with Gasteiger partial charge in [-0.05, 0) is 0 Å². The smallest absolute Gasteiger partial charge is 0.335 e. The zero-order chi connectivity index (χ0) is 11.5. The van der Waals surface area contributed by atoms with Gasteiger partial charge in [0.05, 0.1) is 0 Å². The Hall–Kier alpha value is -0.770. The second-order valence-electron chi connectivity index (χ2n) is 2.75. The Balaban J connectivity index is 4.37. The van der Waals surface area contributed by atoms with E-state index in [0.29, 0.717) is 0 Å². The molecule has 5 atom stereocenters. The van der Waals surface area contributed by atoms with E-state index < -0.39 is 36.6 Å². The predicted molar refractivity (Wildman–Crippen MR) is 41.9 cm³/mol. The number of aliphatic hydroxyl groups excluding tert-OH is 5. The maximum absolute atomic E-state index is 10.1. The summed E-state index contributed by atoms with van der Waals surface area (Å²) in [7, 11) is 0. The highest BCUT2D eigenvalue weighted by molar-refractivity contribution is 5.72. The van der Waals surface area contributed by atoms with Crippen LogP contribution >= 0.6 is 0 Å². The van der Waals surface area contributed by atoms with E-state index in [1.54, 1.807) is 0 Å². The Morgan fingerprint density at radius 1 is 0.929 bits per heavy atom. The minimum Gasteiger partial charge on any atom is -0.479 e. The Labute approximate surface area is 78.8 Å². The summed E-state index contributed by atoms with van der Waals surface area (Å²) in [6.07, 6.45) is -10.3. The molecule has 0 saturated carbocycles. The molecule has 84 valence electrons. The maximum atomic E-state index is 10.1. The number of hydrogen-bond donors (Lipinski definition) is 7. The fourth-order valence-electron chi connectivity index (χ4n) is 0.737. The maximum Gasteiger partial charge on any atom is 0.335 e. The van der Waals surface area contributed by atoms with Gasteiger partial charge in [0.15, 0.2) is 6.10 Å². The third kappa shape index (κ3) is 3.18. The van der Waals surface area contributed by atoms with Gasteiger partial charge in [-0.25, -0.2) is 4.79 Å². The van der Waals surface area contributed by atoms with Gasteiger partial charge in [-0.3, -0.25) is 0 Å². The predicted octanol–water partition coefficient (Wildman–Crippen LogP) is -4.21. The SMILES string of the molecule is NC(O)C(O)C(O)C(O)C(O)C(=O)O. The fourth-order valence-corrected chi connectivity index (χ4v) is 0.737. The van der Waals surface area contributed by atoms with Gasteiger partial charge < -0.3 is 36.4 Å². The summed E-state index contributed by atoms with van der Waals surface area (Å²) in [4.78, 5) is 10.1. The van der Waals surface area contributed by atoms with Crippen LogP contribution in [-0.2, 0) is 4.79 Å². The minimum absolute atomic E-state index is 1.77. The van der Waals surface area contributed by atoms with Crippen LogP contribution in [0.1, 0.15) is 0 Å². The van der Waals surface area contributed by atoms with Gasteiger partial charge >= 0.3 is 5.97 Å². The number of carboxylic acid groups (broad SMARTS) is 1. The van der Waals surface area contributed by atoms with Crippen molar-refractivity contribution in [2.75, 3.05) is 0 Å². The van der Waals surface area contributed by atoms with Gasteiger partial charge in [0.2, 0.25) is 0 Å². The number of carbonyl (C=O) groups is 1. The highest BCUT2D eigenvalue weighted by atomic mass is 16.4. The molecule has 0 aliphatic heterocycles. The number of nitrogens with two attached hydrogens (primary N) is 1. The average Bonchev–Trinajstić information content (AvgIpc) is 2.12. The van der Waals surface area contributed by atoms with Crippen LogP contribution in [0, 0.1) is 0 Å². The first-order chi connectivity index (χ1) is 6.29. The van der Waals surface area contributed by atoms with Gasteiger partial charge in [-0.2, -0.15) is 0 Å². The Bertz CT molecular complexity index is 197. The summed E-state index contributed by atoms with van der Waals surface area (Å²) in [5.41, 5.74) is 4.76. The van der Waals surface area contributed by atoms with E-state index in [4.69, 9.17) is 36.4 Å². The number of aliphatic carboxylic acids is 1. The average molecular weight is 211 g/mol. The monoisotopic (exact) mass is 211 g/mol. The van der Waals surface area contributed by atoms with Crippen molar-refractivity contribution in [1.82, 2.24) is 0 Å². The molecule has 8 N–H and O–H groups in total. The Morgan fingerprint density at radius 2 is 1.36 bits per heavy atom. The van der Waals surface area contributed by atoms with E-state index in [2.05, 4.69) is 0 Å². The molecule has 0 saturated heterocycles. The summed E-state index contributed by atoms with van der Waals surface area (Å²) >= 11 is 0. The van der Waals surface area contributed by atoms with Crippen LogP contribution in [0.3, 0.4) is 0 Å². The number of aliphatic hydroxyl groups is 5. The van der Waals surface area contributed by atoms with E-state index >= 15 is 0 Å². The Kier molecular flexibility index (Phi) is 4.91. The van der Waals surface area contributed by atoms with Gasteiger partial charge in [0.1, 0.15) is 24.5 Å². The molecule has 0 fully saturated rings. The lowest BCUT2D eigenvalue weighted by molar-refractivity contribution is -0.167. The third-order valence-corrected chi connectivity index (χ3v) is 1.63. The lowest BCUT2D eigenvalue weighted by atomic mass is 10.0. The third-order valence-electron chi connectivity index (χ3n) is 1.63. The standard InChI is InChI=1S/C6H13NO7/c7-5(12)3(10)1(8)2(9)4(11)6(13)14/h1-5,8-12H,7H2,(H,13,14). The fraction of sp³-hybridized carbons (Fsp3) is 0.833. The zero-order valence-electron chi connectivity index (χ0n) is 7.06. The lowest BCUT2D eigenvalue weighted by Crippen LogP contribution is -2.53. The lowest BCUT2D eigenvalue weighted by Gasteiger charge is -2.25. The van der Waals surface area contributed by atoms with Crippen LogP contribution in [0.25, 0.3) is 0 Å². The van der Waals surface area contributed by atoms with E-state index in [9.17, 15) is 4.79 Å². The normalized spacial score (nSPS) is 22.1. The summed E-state index contributed by atoms with van der Waals surface area (Å²) in [5, 5.41) is 52.5. The second-order valence-corrected chi connectivity index (χ2v) is 2.75. The molecule has 0 heterocycles. The summed E-state index contributed by atoms with van der Waals surface area (Å²) in [6, 6.07) is 0. The van der Waals surface area contributed by atoms with Gasteiger partial charge in [0, 0.05) is 0 Å². The second kappa shape index (κ2) is 5.20. The minimum atomic E-state index is -2.27. The molecule has 0 aromatic rings. The van der Waals surface area contributed by atoms with Crippen molar-refractivity contribution in [3.63, 3.8) is 0 Å². The van der Waals surface area contributed by atoms with Crippen molar-refractivity contribution >= 4 is 5.97 Å². The van der Waals surface area contributed by atoms with Crippen molar-refractivity contribution in [3.05, 3.63) is 0 Å². The molecular weight excluding hydrogens is 198 g/mol. The summed E-state index contributed by atoms with van der Waals surface area (Å²) in [6.45, 7) is 0. The molecule has 8 nitrogen and oxygen atoms in total. The van der Waals surface area contributed by atoms with Crippen LogP contribution in [0.2, 0.25) is 0 Å². The number of rotatable bonds is 5. The van der Waals surface area contributed by atoms with Gasteiger partial charge in [0.25, 0.3) is 0 Å². The topological polar surface area (TPSA) is 164 Å². The first-order valence-corrected chi connectivity index (χ1v) is 3.67. The van der Waals surface area contributed by atoms with E-state index in [-0.39, 0.29) is 0 Å². The molecule has 0 spiro atoms. The molecule has 0 aliphatic rings. The first-order valence-electron chi connectivity index (χ1n) is 3.67. The molecule has 8 heteroatoms. The van der Waals surface area contributed by atoms with Crippen LogP contribution < -0.4 is 5.73 Å².